The number of phenolic OH excluding ortho intramolecular Hbond substituents is 4. The van der Waals surface area contributed by atoms with Gasteiger partial charge in [-0.3, -0.25) is 0 Å². The quantitative estimate of drug-likeness (QED) is 0.149. The van der Waals surface area contributed by atoms with E-state index < -0.39 is 17.5 Å². The van der Waals surface area contributed by atoms with Gasteiger partial charge in [-0.15, -0.1) is 0 Å². The van der Waals surface area contributed by atoms with Crippen LogP contribution in [0.5, 0.6) is 23.0 Å². The Morgan fingerprint density at radius 2 is 1.48 bits per heavy atom. The zero-order chi connectivity index (χ0) is 22.5. The summed E-state index contributed by atoms with van der Waals surface area (Å²) in [5, 5.41) is 41.1. The number of aromatic hydroxyl groups is 4. The maximum atomic E-state index is 12.4. The lowest BCUT2D eigenvalue weighted by molar-refractivity contribution is -0.131. The molecule has 0 fully saturated rings. The largest absolute Gasteiger partial charge is 0.507 e. The molecule has 0 spiro atoms. The lowest BCUT2D eigenvalue weighted by Crippen LogP contribution is -2.01. The maximum Gasteiger partial charge on any atom is 0.336 e. The molecule has 0 bridgehead atoms. The Balaban J connectivity index is 2.07. The van der Waals surface area contributed by atoms with Crippen LogP contribution < -0.4 is 0 Å². The van der Waals surface area contributed by atoms with Crippen LogP contribution in [0.15, 0.2) is 72.3 Å². The van der Waals surface area contributed by atoms with Gasteiger partial charge in [0.25, 0.3) is 0 Å². The predicted molar refractivity (Wildman–Crippen MR) is 120 cm³/mol. The first-order chi connectivity index (χ1) is 14.8. The lowest BCUT2D eigenvalue weighted by Gasteiger charge is -2.14. The molecule has 0 unspecified atom stereocenters. The normalized spacial score (nSPS) is 11.6. The molecule has 0 saturated heterocycles. The number of benzene rings is 3. The molecule has 31 heavy (non-hydrogen) atoms. The second-order valence-electron chi connectivity index (χ2n) is 7.09. The molecule has 158 valence electrons. The molecule has 3 rings (SSSR count). The van der Waals surface area contributed by atoms with Gasteiger partial charge >= 0.3 is 5.97 Å². The minimum atomic E-state index is -0.698. The Morgan fingerprint density at radius 1 is 0.839 bits per heavy atom. The van der Waals surface area contributed by atoms with Gasteiger partial charge in [-0.05, 0) is 49.8 Å². The number of esters is 1. The molecule has 3 aromatic carbocycles. The number of rotatable bonds is 5. The van der Waals surface area contributed by atoms with Gasteiger partial charge in [0.1, 0.15) is 28.8 Å². The van der Waals surface area contributed by atoms with Crippen LogP contribution in [0.4, 0.5) is 0 Å². The molecule has 0 aliphatic heterocycles. The first-order valence-electron chi connectivity index (χ1n) is 9.48. The van der Waals surface area contributed by atoms with E-state index in [0.717, 1.165) is 17.2 Å². The third-order valence-electron chi connectivity index (χ3n) is 4.45. The van der Waals surface area contributed by atoms with E-state index in [1.807, 2.05) is 44.2 Å². The van der Waals surface area contributed by atoms with E-state index >= 15 is 0 Å². The zero-order valence-corrected chi connectivity index (χ0v) is 17.0. The minimum absolute atomic E-state index is 0.0233. The summed E-state index contributed by atoms with van der Waals surface area (Å²) in [7, 11) is 0. The Kier molecular flexibility index (Phi) is 6.31. The van der Waals surface area contributed by atoms with Gasteiger partial charge in [0.15, 0.2) is 0 Å². The molecular formula is C25H22O6. The number of hydrogen-bond donors (Lipinski definition) is 4. The van der Waals surface area contributed by atoms with E-state index in [9.17, 15) is 25.2 Å². The average Bonchev–Trinajstić information content (AvgIpc) is 2.74. The van der Waals surface area contributed by atoms with Crippen molar-refractivity contribution in [1.82, 2.24) is 0 Å². The summed E-state index contributed by atoms with van der Waals surface area (Å²) in [5.74, 6) is -2.24. The number of allylic oxidation sites excluding steroid dienone is 3. The number of ether oxygens (including phenoxy) is 1. The number of phenols is 4. The molecule has 4 N–H and O–H groups in total. The summed E-state index contributed by atoms with van der Waals surface area (Å²) in [6, 6.07) is 12.7. The van der Waals surface area contributed by atoms with Crippen LogP contribution in [0.1, 0.15) is 25.0 Å². The summed E-state index contributed by atoms with van der Waals surface area (Å²) in [5.41, 5.74) is 1.68. The molecule has 0 atom stereocenters. The molecule has 0 saturated carbocycles. The number of carbonyl (C=O) groups excluding carboxylic acids is 1. The van der Waals surface area contributed by atoms with Gasteiger partial charge in [-0.2, -0.15) is 0 Å². The highest BCUT2D eigenvalue weighted by molar-refractivity contribution is 6.04. The van der Waals surface area contributed by atoms with Crippen LogP contribution in [0, 0.1) is 0 Å². The van der Waals surface area contributed by atoms with Crippen molar-refractivity contribution >= 4 is 28.6 Å². The van der Waals surface area contributed by atoms with E-state index in [2.05, 4.69) is 0 Å². The fourth-order valence-corrected chi connectivity index (χ4v) is 2.97. The van der Waals surface area contributed by atoms with Crippen molar-refractivity contribution in [2.24, 2.45) is 0 Å². The van der Waals surface area contributed by atoms with Gasteiger partial charge in [0, 0.05) is 6.08 Å². The van der Waals surface area contributed by atoms with E-state index in [-0.39, 0.29) is 33.6 Å². The van der Waals surface area contributed by atoms with Crippen LogP contribution >= 0.6 is 0 Å². The van der Waals surface area contributed by atoms with Crippen molar-refractivity contribution in [2.45, 2.75) is 13.8 Å². The maximum absolute atomic E-state index is 12.4. The van der Waals surface area contributed by atoms with Crippen molar-refractivity contribution < 1.29 is 30.0 Å². The van der Waals surface area contributed by atoms with E-state index in [4.69, 9.17) is 4.74 Å². The topological polar surface area (TPSA) is 107 Å². The molecule has 0 aliphatic rings. The van der Waals surface area contributed by atoms with Gasteiger partial charge in [0.2, 0.25) is 0 Å². The van der Waals surface area contributed by atoms with Gasteiger partial charge in [0.05, 0.1) is 16.3 Å². The SMILES string of the molecule is CC(C)=CC=C(OC(=O)C=Cc1ccccc1)c1cc(O)c2c(O)ccc(O)c2c1O. The van der Waals surface area contributed by atoms with Crippen LogP contribution in [-0.2, 0) is 9.53 Å². The summed E-state index contributed by atoms with van der Waals surface area (Å²) in [4.78, 5) is 12.4. The summed E-state index contributed by atoms with van der Waals surface area (Å²) in [6.45, 7) is 3.68. The van der Waals surface area contributed by atoms with Gasteiger partial charge in [-0.25, -0.2) is 4.79 Å². The van der Waals surface area contributed by atoms with Gasteiger partial charge in [-0.1, -0.05) is 42.0 Å². The highest BCUT2D eigenvalue weighted by atomic mass is 16.5. The molecule has 3 aromatic rings. The summed E-state index contributed by atoms with van der Waals surface area (Å²) in [6.07, 6.45) is 5.98. The molecule has 0 aromatic heterocycles. The number of carbonyl (C=O) groups is 1. The van der Waals surface area contributed by atoms with Crippen LogP contribution in [0.3, 0.4) is 0 Å². The Labute approximate surface area is 179 Å². The Hall–Kier alpha value is -4.19. The molecule has 0 aliphatic carbocycles. The molecular weight excluding hydrogens is 396 g/mol. The lowest BCUT2D eigenvalue weighted by atomic mass is 10.0. The third kappa shape index (κ3) is 4.87. The number of hydrogen-bond acceptors (Lipinski definition) is 6. The standard InChI is InChI=1S/C25H22O6/c1-15(2)8-12-21(31-22(29)13-9-16-6-4-3-5-7-16)17-14-20(28)23-18(26)10-11-19(27)24(23)25(17)30/h3-14,26-28,30H,1-2H3. The van der Waals surface area contributed by atoms with Crippen molar-refractivity contribution in [2.75, 3.05) is 0 Å². The Morgan fingerprint density at radius 3 is 2.13 bits per heavy atom. The van der Waals surface area contributed by atoms with Crippen LogP contribution in [0.25, 0.3) is 22.6 Å². The van der Waals surface area contributed by atoms with Crippen molar-refractivity contribution in [3.05, 3.63) is 83.5 Å². The fraction of sp³-hybridized carbons (Fsp3) is 0.0800. The molecule has 0 radical (unpaired) electrons. The monoisotopic (exact) mass is 418 g/mol. The fourth-order valence-electron chi connectivity index (χ4n) is 2.97. The highest BCUT2D eigenvalue weighted by Gasteiger charge is 2.21. The smallest absolute Gasteiger partial charge is 0.336 e. The minimum Gasteiger partial charge on any atom is -0.507 e. The second kappa shape index (κ2) is 9.09. The molecule has 6 nitrogen and oxygen atoms in total. The van der Waals surface area contributed by atoms with E-state index in [1.54, 1.807) is 12.2 Å². The first-order valence-corrected chi connectivity index (χ1v) is 9.48. The third-order valence-corrected chi connectivity index (χ3v) is 4.45. The molecule has 0 amide bonds. The predicted octanol–water partition coefficient (Wildman–Crippen LogP) is 5.23. The van der Waals surface area contributed by atoms with Crippen molar-refractivity contribution in [3.63, 3.8) is 0 Å². The molecule has 6 heteroatoms. The van der Waals surface area contributed by atoms with E-state index in [1.165, 1.54) is 24.3 Å². The van der Waals surface area contributed by atoms with Crippen LogP contribution in [-0.4, -0.2) is 26.4 Å². The zero-order valence-electron chi connectivity index (χ0n) is 17.0. The average molecular weight is 418 g/mol. The highest BCUT2D eigenvalue weighted by Crippen LogP contribution is 2.46. The molecule has 0 heterocycles. The first kappa shape index (κ1) is 21.5. The Bertz CT molecular complexity index is 1220. The van der Waals surface area contributed by atoms with Crippen molar-refractivity contribution in [3.8, 4) is 23.0 Å². The van der Waals surface area contributed by atoms with Gasteiger partial charge < -0.3 is 25.2 Å². The van der Waals surface area contributed by atoms with E-state index in [0.29, 0.717) is 0 Å². The summed E-state index contributed by atoms with van der Waals surface area (Å²) >= 11 is 0. The number of fused-ring (bicyclic) bond motifs is 1. The van der Waals surface area contributed by atoms with Crippen LogP contribution in [0.2, 0.25) is 0 Å². The summed E-state index contributed by atoms with van der Waals surface area (Å²) < 4.78 is 5.44. The second-order valence-corrected chi connectivity index (χ2v) is 7.09. The van der Waals surface area contributed by atoms with Crippen molar-refractivity contribution in [1.29, 1.82) is 0 Å².